The fourth-order valence-corrected chi connectivity index (χ4v) is 3.84. The third kappa shape index (κ3) is 4.01. The maximum atomic E-state index is 11.8. The van der Waals surface area contributed by atoms with Crippen molar-refractivity contribution in [3.63, 3.8) is 0 Å². The molecule has 148 valence electrons. The van der Waals surface area contributed by atoms with Crippen molar-refractivity contribution in [1.29, 1.82) is 0 Å². The molecule has 0 saturated carbocycles. The summed E-state index contributed by atoms with van der Waals surface area (Å²) in [5.41, 5.74) is 1.75. The van der Waals surface area contributed by atoms with Gasteiger partial charge in [0.15, 0.2) is 22.7 Å². The minimum Gasteiger partial charge on any atom is -0.490 e. The van der Waals surface area contributed by atoms with E-state index >= 15 is 0 Å². The van der Waals surface area contributed by atoms with E-state index in [2.05, 4.69) is 4.98 Å². The number of nitrogens with zero attached hydrogens (tertiary/aromatic N) is 2. The molecule has 0 atom stereocenters. The second kappa shape index (κ2) is 8.88. The van der Waals surface area contributed by atoms with Crippen molar-refractivity contribution in [2.45, 2.75) is 27.2 Å². The summed E-state index contributed by atoms with van der Waals surface area (Å²) < 4.78 is 17.9. The number of fused-ring (bicyclic) bond motifs is 1. The van der Waals surface area contributed by atoms with Crippen molar-refractivity contribution in [3.05, 3.63) is 35.0 Å². The predicted molar refractivity (Wildman–Crippen MR) is 107 cm³/mol. The number of rotatable bonds is 9. The van der Waals surface area contributed by atoms with Gasteiger partial charge in [-0.3, -0.25) is 14.0 Å². The number of ether oxygens (including phenoxy) is 3. The Kier molecular flexibility index (Phi) is 6.30. The first-order chi connectivity index (χ1) is 13.6. The topological polar surface area (TPSA) is 79.1 Å². The number of hydrogen-bond acceptors (Lipinski definition) is 7. The fourth-order valence-electron chi connectivity index (χ4n) is 2.87. The standard InChI is InChI=1S/C20H22N2O5S/c1-4-25-16-8-7-13(9-17(16)26-5-2)19-15(12-23)22-11-14(28-20(22)21-19)10-18(24)27-6-3/h7-9,11-12H,4-6,10H2,1-3H3. The summed E-state index contributed by atoms with van der Waals surface area (Å²) in [6, 6.07) is 5.50. The summed E-state index contributed by atoms with van der Waals surface area (Å²) in [4.78, 5) is 29.5. The van der Waals surface area contributed by atoms with Crippen LogP contribution in [0.3, 0.4) is 0 Å². The Morgan fingerprint density at radius 2 is 1.89 bits per heavy atom. The molecule has 2 heterocycles. The van der Waals surface area contributed by atoms with Gasteiger partial charge in [0.25, 0.3) is 0 Å². The van der Waals surface area contributed by atoms with E-state index in [0.717, 1.165) is 16.7 Å². The molecule has 0 N–H and O–H groups in total. The van der Waals surface area contributed by atoms with E-state index in [1.54, 1.807) is 17.5 Å². The number of imidazole rings is 1. The van der Waals surface area contributed by atoms with Gasteiger partial charge in [-0.15, -0.1) is 11.3 Å². The van der Waals surface area contributed by atoms with Crippen LogP contribution in [0.4, 0.5) is 0 Å². The number of carbonyl (C=O) groups is 2. The molecule has 2 aromatic heterocycles. The molecule has 0 saturated heterocycles. The third-order valence-electron chi connectivity index (χ3n) is 3.96. The Labute approximate surface area is 166 Å². The molecule has 0 radical (unpaired) electrons. The summed E-state index contributed by atoms with van der Waals surface area (Å²) >= 11 is 1.36. The van der Waals surface area contributed by atoms with Gasteiger partial charge in [0.1, 0.15) is 11.4 Å². The molecule has 8 heteroatoms. The summed E-state index contributed by atoms with van der Waals surface area (Å²) in [7, 11) is 0. The van der Waals surface area contributed by atoms with Crippen molar-refractivity contribution in [1.82, 2.24) is 9.38 Å². The number of thiazole rings is 1. The van der Waals surface area contributed by atoms with Crippen LogP contribution in [0.15, 0.2) is 24.4 Å². The van der Waals surface area contributed by atoms with Gasteiger partial charge in [0.05, 0.1) is 26.2 Å². The van der Waals surface area contributed by atoms with Crippen molar-refractivity contribution in [2.75, 3.05) is 19.8 Å². The van der Waals surface area contributed by atoms with Crippen LogP contribution in [-0.4, -0.2) is 41.5 Å². The lowest BCUT2D eigenvalue weighted by molar-refractivity contribution is -0.142. The van der Waals surface area contributed by atoms with Gasteiger partial charge >= 0.3 is 5.97 Å². The molecule has 3 rings (SSSR count). The molecule has 0 aliphatic heterocycles. The largest absolute Gasteiger partial charge is 0.490 e. The zero-order valence-electron chi connectivity index (χ0n) is 16.1. The van der Waals surface area contributed by atoms with E-state index in [9.17, 15) is 9.59 Å². The molecule has 0 bridgehead atoms. The van der Waals surface area contributed by atoms with Crippen LogP contribution in [-0.2, 0) is 16.0 Å². The molecular weight excluding hydrogens is 380 g/mol. The lowest BCUT2D eigenvalue weighted by atomic mass is 10.1. The monoisotopic (exact) mass is 402 g/mol. The molecule has 1 aromatic carbocycles. The van der Waals surface area contributed by atoms with Crippen molar-refractivity contribution >= 4 is 28.6 Å². The van der Waals surface area contributed by atoms with Gasteiger partial charge in [-0.05, 0) is 39.0 Å². The average Bonchev–Trinajstić information content (AvgIpc) is 3.20. The lowest BCUT2D eigenvalue weighted by Gasteiger charge is -2.12. The van der Waals surface area contributed by atoms with Crippen LogP contribution in [0.1, 0.15) is 36.1 Å². The molecule has 28 heavy (non-hydrogen) atoms. The van der Waals surface area contributed by atoms with Crippen molar-refractivity contribution in [3.8, 4) is 22.8 Å². The van der Waals surface area contributed by atoms with E-state index in [1.165, 1.54) is 11.3 Å². The normalized spacial score (nSPS) is 10.8. The maximum absolute atomic E-state index is 11.8. The van der Waals surface area contributed by atoms with Crippen LogP contribution < -0.4 is 9.47 Å². The SMILES string of the molecule is CCOC(=O)Cc1cn2c(C=O)c(-c3ccc(OCC)c(OCC)c3)nc2s1. The zero-order valence-corrected chi connectivity index (χ0v) is 16.9. The molecular formula is C20H22N2O5S. The van der Waals surface area contributed by atoms with Crippen molar-refractivity contribution in [2.24, 2.45) is 0 Å². The molecule has 0 spiro atoms. The highest BCUT2D eigenvalue weighted by Gasteiger charge is 2.19. The third-order valence-corrected chi connectivity index (χ3v) is 4.95. The van der Waals surface area contributed by atoms with Gasteiger partial charge < -0.3 is 14.2 Å². The Morgan fingerprint density at radius 3 is 2.57 bits per heavy atom. The van der Waals surface area contributed by atoms with Gasteiger partial charge in [-0.25, -0.2) is 4.98 Å². The van der Waals surface area contributed by atoms with E-state index in [0.29, 0.717) is 47.7 Å². The Balaban J connectivity index is 1.99. The Bertz CT molecular complexity index is 992. The summed E-state index contributed by atoms with van der Waals surface area (Å²) in [6.07, 6.45) is 2.69. The minimum atomic E-state index is -0.298. The van der Waals surface area contributed by atoms with E-state index in [1.807, 2.05) is 32.0 Å². The summed E-state index contributed by atoms with van der Waals surface area (Å²) in [5.74, 6) is 0.962. The number of aromatic nitrogens is 2. The second-order valence-corrected chi connectivity index (χ2v) is 6.92. The summed E-state index contributed by atoms with van der Waals surface area (Å²) in [5, 5.41) is 0. The predicted octanol–water partition coefficient (Wildman–Crippen LogP) is 3.78. The molecule has 7 nitrogen and oxygen atoms in total. The quantitative estimate of drug-likeness (QED) is 0.400. The number of benzene rings is 1. The average molecular weight is 402 g/mol. The number of aldehydes is 1. The van der Waals surface area contributed by atoms with Crippen LogP contribution in [0, 0.1) is 0 Å². The first kappa shape index (κ1) is 19.9. The molecule has 3 aromatic rings. The Morgan fingerprint density at radius 1 is 1.14 bits per heavy atom. The van der Waals surface area contributed by atoms with E-state index in [4.69, 9.17) is 14.2 Å². The second-order valence-electron chi connectivity index (χ2n) is 5.82. The molecule has 0 aliphatic rings. The first-order valence-corrected chi connectivity index (χ1v) is 9.94. The van der Waals surface area contributed by atoms with Gasteiger partial charge in [-0.2, -0.15) is 0 Å². The van der Waals surface area contributed by atoms with E-state index < -0.39 is 0 Å². The van der Waals surface area contributed by atoms with Crippen LogP contribution in [0.5, 0.6) is 11.5 Å². The van der Waals surface area contributed by atoms with Gasteiger partial charge in [0.2, 0.25) is 0 Å². The number of carbonyl (C=O) groups excluding carboxylic acids is 2. The van der Waals surface area contributed by atoms with E-state index in [-0.39, 0.29) is 12.4 Å². The number of hydrogen-bond donors (Lipinski definition) is 0. The molecule has 0 fully saturated rings. The number of esters is 1. The van der Waals surface area contributed by atoms with Crippen LogP contribution in [0.25, 0.3) is 16.2 Å². The highest BCUT2D eigenvalue weighted by atomic mass is 32.1. The maximum Gasteiger partial charge on any atom is 0.311 e. The fraction of sp³-hybridized carbons (Fsp3) is 0.350. The lowest BCUT2D eigenvalue weighted by Crippen LogP contribution is -2.06. The van der Waals surface area contributed by atoms with Crippen LogP contribution >= 0.6 is 11.3 Å². The van der Waals surface area contributed by atoms with Crippen molar-refractivity contribution < 1.29 is 23.8 Å². The summed E-state index contributed by atoms with van der Waals surface area (Å²) in [6.45, 7) is 6.94. The van der Waals surface area contributed by atoms with Crippen LogP contribution in [0.2, 0.25) is 0 Å². The highest BCUT2D eigenvalue weighted by molar-refractivity contribution is 7.17. The smallest absolute Gasteiger partial charge is 0.311 e. The molecule has 0 unspecified atom stereocenters. The molecule has 0 aliphatic carbocycles. The van der Waals surface area contributed by atoms with Gasteiger partial charge in [-0.1, -0.05) is 0 Å². The highest BCUT2D eigenvalue weighted by Crippen LogP contribution is 2.35. The zero-order chi connectivity index (χ0) is 20.1. The first-order valence-electron chi connectivity index (χ1n) is 9.12. The minimum absolute atomic E-state index is 0.160. The Hall–Kier alpha value is -2.87. The molecule has 0 amide bonds. The van der Waals surface area contributed by atoms with Gasteiger partial charge in [0, 0.05) is 16.6 Å².